The number of aliphatic hydroxyl groups excluding tert-OH is 1. The Morgan fingerprint density at radius 2 is 1.78 bits per heavy atom. The minimum atomic E-state index is -4.04. The maximum atomic E-state index is 12.9. The van der Waals surface area contributed by atoms with Crippen LogP contribution in [0.5, 0.6) is 5.75 Å². The van der Waals surface area contributed by atoms with Crippen LogP contribution in [-0.2, 0) is 27.9 Å². The molecular formula is C21H19F2N3O5S. The maximum absolute atomic E-state index is 12.9. The van der Waals surface area contributed by atoms with E-state index in [2.05, 4.69) is 9.84 Å². The van der Waals surface area contributed by atoms with Gasteiger partial charge in [-0.15, -0.1) is 0 Å². The summed E-state index contributed by atoms with van der Waals surface area (Å²) in [6, 6.07) is 13.5. The standard InChI is InChI=1S/C21H19F2N3O5S/c22-21(23)31-16-6-8-17(9-7-16)32(29,30)26-11-15-10-25(12-19(15)24-26)20(28)18(13-27)14-4-2-1-3-5-14/h1-9,11,18,21,27H,10,12-13H2. The number of halogens is 2. The Labute approximate surface area is 182 Å². The number of carbonyl (C=O) groups is 1. The fourth-order valence-electron chi connectivity index (χ4n) is 3.54. The van der Waals surface area contributed by atoms with Crippen molar-refractivity contribution in [1.82, 2.24) is 14.1 Å². The van der Waals surface area contributed by atoms with Crippen LogP contribution in [0.25, 0.3) is 0 Å². The maximum Gasteiger partial charge on any atom is 0.387 e. The highest BCUT2D eigenvalue weighted by atomic mass is 32.2. The molecule has 1 aliphatic rings. The predicted octanol–water partition coefficient (Wildman–Crippen LogP) is 2.34. The lowest BCUT2D eigenvalue weighted by Gasteiger charge is -2.22. The molecule has 0 bridgehead atoms. The van der Waals surface area contributed by atoms with Gasteiger partial charge in [-0.05, 0) is 29.8 Å². The van der Waals surface area contributed by atoms with Gasteiger partial charge in [0.2, 0.25) is 5.91 Å². The number of alkyl halides is 2. The first-order valence-electron chi connectivity index (χ1n) is 9.62. The summed E-state index contributed by atoms with van der Waals surface area (Å²) >= 11 is 0. The minimum Gasteiger partial charge on any atom is -0.435 e. The highest BCUT2D eigenvalue weighted by Gasteiger charge is 2.33. The number of aliphatic hydroxyl groups is 1. The van der Waals surface area contributed by atoms with Crippen molar-refractivity contribution in [2.75, 3.05) is 6.61 Å². The molecule has 4 rings (SSSR count). The largest absolute Gasteiger partial charge is 0.435 e. The van der Waals surface area contributed by atoms with Gasteiger partial charge in [-0.2, -0.15) is 26.4 Å². The lowest BCUT2D eigenvalue weighted by molar-refractivity contribution is -0.134. The number of aromatic nitrogens is 2. The molecule has 168 valence electrons. The third-order valence-corrected chi connectivity index (χ3v) is 6.69. The minimum absolute atomic E-state index is 0.112. The van der Waals surface area contributed by atoms with Crippen LogP contribution < -0.4 is 4.74 Å². The Bertz CT molecular complexity index is 1190. The van der Waals surface area contributed by atoms with Crippen LogP contribution in [0.3, 0.4) is 0 Å². The predicted molar refractivity (Wildman–Crippen MR) is 108 cm³/mol. The van der Waals surface area contributed by atoms with E-state index in [4.69, 9.17) is 0 Å². The van der Waals surface area contributed by atoms with Crippen molar-refractivity contribution >= 4 is 15.9 Å². The summed E-state index contributed by atoms with van der Waals surface area (Å²) in [5.74, 6) is -1.15. The van der Waals surface area contributed by atoms with E-state index in [0.29, 0.717) is 16.8 Å². The lowest BCUT2D eigenvalue weighted by Crippen LogP contribution is -2.33. The number of fused-ring (bicyclic) bond motifs is 1. The third-order valence-electron chi connectivity index (χ3n) is 5.15. The molecule has 1 unspecified atom stereocenters. The van der Waals surface area contributed by atoms with E-state index in [9.17, 15) is 27.1 Å². The smallest absolute Gasteiger partial charge is 0.387 e. The summed E-state index contributed by atoms with van der Waals surface area (Å²) in [5, 5.41) is 13.8. The molecule has 2 heterocycles. The average Bonchev–Trinajstić information content (AvgIpc) is 3.35. The molecule has 0 fully saturated rings. The number of hydrogen-bond donors (Lipinski definition) is 1. The second-order valence-corrected chi connectivity index (χ2v) is 8.96. The first-order valence-corrected chi connectivity index (χ1v) is 11.1. The van der Waals surface area contributed by atoms with E-state index < -0.39 is 22.6 Å². The van der Waals surface area contributed by atoms with E-state index in [1.807, 2.05) is 6.07 Å². The molecule has 2 aromatic carbocycles. The number of carbonyl (C=O) groups excluding carboxylic acids is 1. The number of ether oxygens (including phenoxy) is 1. The van der Waals surface area contributed by atoms with E-state index in [-0.39, 0.29) is 36.2 Å². The molecule has 8 nitrogen and oxygen atoms in total. The van der Waals surface area contributed by atoms with E-state index in [0.717, 1.165) is 28.4 Å². The zero-order chi connectivity index (χ0) is 22.9. The van der Waals surface area contributed by atoms with Crippen molar-refractivity contribution in [1.29, 1.82) is 0 Å². The van der Waals surface area contributed by atoms with Gasteiger partial charge in [-0.3, -0.25) is 4.79 Å². The van der Waals surface area contributed by atoms with Crippen molar-refractivity contribution in [2.24, 2.45) is 0 Å². The second kappa shape index (κ2) is 8.67. The zero-order valence-electron chi connectivity index (χ0n) is 16.6. The van der Waals surface area contributed by atoms with Crippen LogP contribution in [0.15, 0.2) is 65.7 Å². The first-order chi connectivity index (χ1) is 15.3. The second-order valence-electron chi connectivity index (χ2n) is 7.17. The summed E-state index contributed by atoms with van der Waals surface area (Å²) in [5.41, 5.74) is 1.70. The van der Waals surface area contributed by atoms with Crippen LogP contribution in [0.2, 0.25) is 0 Å². The summed E-state index contributed by atoms with van der Waals surface area (Å²) in [6.07, 6.45) is 1.33. The molecule has 11 heteroatoms. The van der Waals surface area contributed by atoms with E-state index >= 15 is 0 Å². The summed E-state index contributed by atoms with van der Waals surface area (Å²) < 4.78 is 55.2. The monoisotopic (exact) mass is 463 g/mol. The Kier molecular flexibility index (Phi) is 5.94. The molecule has 0 radical (unpaired) electrons. The number of nitrogens with zero attached hydrogens (tertiary/aromatic N) is 3. The molecule has 0 aliphatic carbocycles. The van der Waals surface area contributed by atoms with Crippen molar-refractivity contribution in [2.45, 2.75) is 30.5 Å². The fraction of sp³-hybridized carbons (Fsp3) is 0.238. The van der Waals surface area contributed by atoms with Crippen molar-refractivity contribution < 1.29 is 31.8 Å². The van der Waals surface area contributed by atoms with Gasteiger partial charge in [0.25, 0.3) is 10.0 Å². The SMILES string of the molecule is O=C(C(CO)c1ccccc1)N1Cc2cn(S(=O)(=O)c3ccc(OC(F)F)cc3)nc2C1. The quantitative estimate of drug-likeness (QED) is 0.577. The molecule has 0 spiro atoms. The molecule has 1 atom stereocenters. The molecular weight excluding hydrogens is 444 g/mol. The summed E-state index contributed by atoms with van der Waals surface area (Å²) in [6.45, 7) is -3.09. The molecule has 1 aromatic heterocycles. The Morgan fingerprint density at radius 3 is 2.38 bits per heavy atom. The fourth-order valence-corrected chi connectivity index (χ4v) is 4.71. The van der Waals surface area contributed by atoms with Crippen molar-refractivity contribution in [3.63, 3.8) is 0 Å². The van der Waals surface area contributed by atoms with Crippen molar-refractivity contribution in [3.8, 4) is 5.75 Å². The normalized spacial score (nSPS) is 14.4. The molecule has 3 aromatic rings. The van der Waals surface area contributed by atoms with Gasteiger partial charge >= 0.3 is 6.61 Å². The molecule has 0 saturated carbocycles. The molecule has 0 saturated heterocycles. The number of amides is 1. The Balaban J connectivity index is 1.50. The van der Waals surface area contributed by atoms with Gasteiger partial charge in [0.05, 0.1) is 29.7 Å². The Morgan fingerprint density at radius 1 is 1.09 bits per heavy atom. The molecule has 32 heavy (non-hydrogen) atoms. The highest BCUT2D eigenvalue weighted by molar-refractivity contribution is 7.89. The number of rotatable bonds is 7. The number of benzene rings is 2. The highest BCUT2D eigenvalue weighted by Crippen LogP contribution is 2.28. The molecule has 1 aliphatic heterocycles. The topological polar surface area (TPSA) is 102 Å². The summed E-state index contributed by atoms with van der Waals surface area (Å²) in [4.78, 5) is 14.3. The van der Waals surface area contributed by atoms with Gasteiger partial charge < -0.3 is 14.7 Å². The van der Waals surface area contributed by atoms with Crippen LogP contribution in [0.4, 0.5) is 8.78 Å². The van der Waals surface area contributed by atoms with Gasteiger partial charge in [0.15, 0.2) is 0 Å². The van der Waals surface area contributed by atoms with Crippen LogP contribution >= 0.6 is 0 Å². The van der Waals surface area contributed by atoms with E-state index in [1.165, 1.54) is 11.1 Å². The van der Waals surface area contributed by atoms with Gasteiger partial charge in [-0.1, -0.05) is 30.3 Å². The summed E-state index contributed by atoms with van der Waals surface area (Å²) in [7, 11) is -4.04. The van der Waals surface area contributed by atoms with Gasteiger partial charge in [0, 0.05) is 18.3 Å². The van der Waals surface area contributed by atoms with Gasteiger partial charge in [0.1, 0.15) is 5.75 Å². The molecule has 1 N–H and O–H groups in total. The zero-order valence-corrected chi connectivity index (χ0v) is 17.5. The Hall–Kier alpha value is -3.31. The van der Waals surface area contributed by atoms with Crippen LogP contribution in [-0.4, -0.2) is 46.7 Å². The van der Waals surface area contributed by atoms with Crippen LogP contribution in [0, 0.1) is 0 Å². The van der Waals surface area contributed by atoms with E-state index in [1.54, 1.807) is 24.3 Å². The first kappa shape index (κ1) is 21.9. The van der Waals surface area contributed by atoms with Crippen LogP contribution in [0.1, 0.15) is 22.7 Å². The number of hydrogen-bond acceptors (Lipinski definition) is 6. The molecule has 1 amide bonds. The van der Waals surface area contributed by atoms with Gasteiger partial charge in [-0.25, -0.2) is 0 Å². The third kappa shape index (κ3) is 4.21. The lowest BCUT2D eigenvalue weighted by atomic mass is 9.98. The average molecular weight is 463 g/mol. The van der Waals surface area contributed by atoms with Crippen molar-refractivity contribution in [3.05, 3.63) is 77.6 Å².